The Morgan fingerprint density at radius 3 is 2.45 bits per heavy atom. The van der Waals surface area contributed by atoms with Crippen molar-refractivity contribution in [1.82, 2.24) is 10.3 Å². The number of aryl methyl sites for hydroxylation is 1. The van der Waals surface area contributed by atoms with E-state index in [0.29, 0.717) is 11.1 Å². The maximum absolute atomic E-state index is 13.4. The summed E-state index contributed by atoms with van der Waals surface area (Å²) in [5.74, 6) is -0.914. The number of aromatic nitrogens is 1. The zero-order valence-electron chi connectivity index (χ0n) is 10.8. The first-order valence-corrected chi connectivity index (χ1v) is 6.66. The van der Waals surface area contributed by atoms with Crippen LogP contribution in [0.4, 0.5) is 17.6 Å². The molecular formula is C13H12F4N2S. The summed E-state index contributed by atoms with van der Waals surface area (Å²) in [5.41, 5.74) is -0.0205. The molecule has 0 amide bonds. The van der Waals surface area contributed by atoms with Gasteiger partial charge in [-0.3, -0.25) is 0 Å². The Morgan fingerprint density at radius 2 is 1.95 bits per heavy atom. The number of nitrogens with one attached hydrogen (secondary N) is 1. The normalized spacial score (nSPS) is 13.5. The summed E-state index contributed by atoms with van der Waals surface area (Å²) in [6, 6.07) is 1.96. The molecule has 1 N–H and O–H groups in total. The van der Waals surface area contributed by atoms with Crippen molar-refractivity contribution in [3.05, 3.63) is 51.2 Å². The second-order valence-electron chi connectivity index (χ2n) is 4.32. The van der Waals surface area contributed by atoms with Crippen LogP contribution in [0.2, 0.25) is 0 Å². The molecule has 7 heteroatoms. The van der Waals surface area contributed by atoms with E-state index in [1.807, 2.05) is 0 Å². The molecule has 1 aromatic heterocycles. The van der Waals surface area contributed by atoms with Gasteiger partial charge in [-0.2, -0.15) is 13.2 Å². The van der Waals surface area contributed by atoms with Crippen LogP contribution in [0.5, 0.6) is 0 Å². The minimum absolute atomic E-state index is 0.203. The van der Waals surface area contributed by atoms with Crippen molar-refractivity contribution in [2.75, 3.05) is 7.05 Å². The number of benzene rings is 1. The standard InChI is InChI=1S/C13H12F4N2S/c1-7-6-20-12(19-7)11(18-2)8-3-9(13(15,16)17)5-10(14)4-8/h3-6,11,18H,1-2H3. The van der Waals surface area contributed by atoms with Crippen molar-refractivity contribution in [2.45, 2.75) is 19.1 Å². The van der Waals surface area contributed by atoms with Gasteiger partial charge >= 0.3 is 6.18 Å². The minimum atomic E-state index is -4.58. The second-order valence-corrected chi connectivity index (χ2v) is 5.21. The van der Waals surface area contributed by atoms with Crippen LogP contribution in [0.15, 0.2) is 23.6 Å². The zero-order valence-corrected chi connectivity index (χ0v) is 11.6. The van der Waals surface area contributed by atoms with Gasteiger partial charge in [-0.1, -0.05) is 0 Å². The molecule has 0 aliphatic heterocycles. The molecular weight excluding hydrogens is 292 g/mol. The molecule has 0 spiro atoms. The molecule has 1 atom stereocenters. The maximum atomic E-state index is 13.4. The summed E-state index contributed by atoms with van der Waals surface area (Å²) < 4.78 is 51.6. The molecule has 0 aliphatic carbocycles. The van der Waals surface area contributed by atoms with Crippen LogP contribution in [0.25, 0.3) is 0 Å². The molecule has 2 aromatic rings. The summed E-state index contributed by atoms with van der Waals surface area (Å²) in [7, 11) is 1.60. The van der Waals surface area contributed by atoms with E-state index in [0.717, 1.165) is 17.8 Å². The van der Waals surface area contributed by atoms with Crippen LogP contribution < -0.4 is 5.32 Å². The smallest absolute Gasteiger partial charge is 0.307 e. The predicted molar refractivity (Wildman–Crippen MR) is 69.2 cm³/mol. The molecule has 0 saturated heterocycles. The summed E-state index contributed by atoms with van der Waals surface area (Å²) in [5, 5.41) is 5.26. The molecule has 0 radical (unpaired) electrons. The van der Waals surface area contributed by atoms with Crippen molar-refractivity contribution in [3.8, 4) is 0 Å². The summed E-state index contributed by atoms with van der Waals surface area (Å²) in [6.45, 7) is 1.79. The molecule has 20 heavy (non-hydrogen) atoms. The lowest BCUT2D eigenvalue weighted by Crippen LogP contribution is -2.19. The van der Waals surface area contributed by atoms with Gasteiger partial charge in [0.05, 0.1) is 11.6 Å². The molecule has 1 aromatic carbocycles. The average molecular weight is 304 g/mol. The number of nitrogens with zero attached hydrogens (tertiary/aromatic N) is 1. The number of alkyl halides is 3. The van der Waals surface area contributed by atoms with E-state index in [4.69, 9.17) is 0 Å². The van der Waals surface area contributed by atoms with Crippen LogP contribution in [0.1, 0.15) is 27.9 Å². The van der Waals surface area contributed by atoms with E-state index >= 15 is 0 Å². The largest absolute Gasteiger partial charge is 0.416 e. The van der Waals surface area contributed by atoms with Crippen molar-refractivity contribution in [2.24, 2.45) is 0 Å². The third-order valence-corrected chi connectivity index (χ3v) is 3.78. The van der Waals surface area contributed by atoms with Gasteiger partial charge < -0.3 is 5.32 Å². The van der Waals surface area contributed by atoms with Gasteiger partial charge in [-0.05, 0) is 37.7 Å². The second kappa shape index (κ2) is 5.49. The molecule has 108 valence electrons. The van der Waals surface area contributed by atoms with Gasteiger partial charge in [-0.15, -0.1) is 11.3 Å². The van der Waals surface area contributed by atoms with Crippen LogP contribution in [0, 0.1) is 12.7 Å². The van der Waals surface area contributed by atoms with Gasteiger partial charge in [0.1, 0.15) is 10.8 Å². The fourth-order valence-electron chi connectivity index (χ4n) is 1.88. The zero-order chi connectivity index (χ0) is 14.9. The van der Waals surface area contributed by atoms with Gasteiger partial charge in [0, 0.05) is 11.1 Å². The van der Waals surface area contributed by atoms with E-state index in [9.17, 15) is 17.6 Å². The predicted octanol–water partition coefficient (Wildman–Crippen LogP) is 3.92. The lowest BCUT2D eigenvalue weighted by molar-refractivity contribution is -0.137. The molecule has 0 bridgehead atoms. The van der Waals surface area contributed by atoms with E-state index in [1.54, 1.807) is 19.4 Å². The fourth-order valence-corrected chi connectivity index (χ4v) is 2.81. The van der Waals surface area contributed by atoms with E-state index in [1.165, 1.54) is 11.3 Å². The first-order valence-electron chi connectivity index (χ1n) is 5.78. The third-order valence-electron chi connectivity index (χ3n) is 2.75. The topological polar surface area (TPSA) is 24.9 Å². The average Bonchev–Trinajstić information content (AvgIpc) is 2.75. The Hall–Kier alpha value is -1.47. The molecule has 0 aliphatic rings. The number of rotatable bonds is 3. The van der Waals surface area contributed by atoms with Crippen LogP contribution in [-0.4, -0.2) is 12.0 Å². The summed E-state index contributed by atoms with van der Waals surface area (Å²) in [4.78, 5) is 4.23. The molecule has 0 fully saturated rings. The highest BCUT2D eigenvalue weighted by Crippen LogP contribution is 2.33. The summed E-state index contributed by atoms with van der Waals surface area (Å²) >= 11 is 1.32. The van der Waals surface area contributed by atoms with E-state index in [2.05, 4.69) is 10.3 Å². The van der Waals surface area contributed by atoms with Gasteiger partial charge in [0.2, 0.25) is 0 Å². The molecule has 2 rings (SSSR count). The van der Waals surface area contributed by atoms with E-state index in [-0.39, 0.29) is 5.56 Å². The Kier molecular flexibility index (Phi) is 4.10. The van der Waals surface area contributed by atoms with Crippen LogP contribution in [0.3, 0.4) is 0 Å². The van der Waals surface area contributed by atoms with Crippen molar-refractivity contribution < 1.29 is 17.6 Å². The molecule has 0 saturated carbocycles. The van der Waals surface area contributed by atoms with E-state index < -0.39 is 23.6 Å². The number of halogens is 4. The highest BCUT2D eigenvalue weighted by molar-refractivity contribution is 7.09. The Balaban J connectivity index is 2.47. The lowest BCUT2D eigenvalue weighted by Gasteiger charge is -2.16. The fraction of sp³-hybridized carbons (Fsp3) is 0.308. The SMILES string of the molecule is CNC(c1cc(F)cc(C(F)(F)F)c1)c1nc(C)cs1. The number of thiazole rings is 1. The Bertz CT molecular complexity index is 607. The lowest BCUT2D eigenvalue weighted by atomic mass is 10.0. The van der Waals surface area contributed by atoms with Crippen LogP contribution >= 0.6 is 11.3 Å². The number of hydrogen-bond acceptors (Lipinski definition) is 3. The minimum Gasteiger partial charge on any atom is -0.307 e. The van der Waals surface area contributed by atoms with Gasteiger partial charge in [0.15, 0.2) is 0 Å². The van der Waals surface area contributed by atoms with Gasteiger partial charge in [0.25, 0.3) is 0 Å². The van der Waals surface area contributed by atoms with Crippen molar-refractivity contribution in [1.29, 1.82) is 0 Å². The Labute approximate surface area is 117 Å². The quantitative estimate of drug-likeness (QED) is 0.869. The first-order chi connectivity index (χ1) is 9.31. The van der Waals surface area contributed by atoms with Crippen LogP contribution in [-0.2, 0) is 6.18 Å². The number of hydrogen-bond donors (Lipinski definition) is 1. The highest BCUT2D eigenvalue weighted by atomic mass is 32.1. The molecule has 1 heterocycles. The monoisotopic (exact) mass is 304 g/mol. The molecule has 1 unspecified atom stereocenters. The van der Waals surface area contributed by atoms with Crippen molar-refractivity contribution >= 4 is 11.3 Å². The van der Waals surface area contributed by atoms with Gasteiger partial charge in [-0.25, -0.2) is 9.37 Å². The maximum Gasteiger partial charge on any atom is 0.416 e. The third kappa shape index (κ3) is 3.16. The van der Waals surface area contributed by atoms with Crippen molar-refractivity contribution in [3.63, 3.8) is 0 Å². The molecule has 2 nitrogen and oxygen atoms in total. The highest BCUT2D eigenvalue weighted by Gasteiger charge is 2.32. The summed E-state index contributed by atoms with van der Waals surface area (Å²) in [6.07, 6.45) is -4.58. The Morgan fingerprint density at radius 1 is 1.25 bits per heavy atom. The first kappa shape index (κ1) is 14.9.